The number of hydrogen-bond acceptors (Lipinski definition) is 2. The molecule has 0 heterocycles. The van der Waals surface area contributed by atoms with E-state index in [4.69, 9.17) is 4.84 Å². The summed E-state index contributed by atoms with van der Waals surface area (Å²) < 4.78 is 0. The maximum atomic E-state index is 11.2. The summed E-state index contributed by atoms with van der Waals surface area (Å²) in [6, 6.07) is 0. The van der Waals surface area contributed by atoms with Gasteiger partial charge in [0.15, 0.2) is 0 Å². The smallest absolute Gasteiger partial charge is 0.245 e. The SMILES string of the molecule is CCC/C=C\CCCC(=O)N(C)OC. The van der Waals surface area contributed by atoms with Crippen LogP contribution in [0.2, 0.25) is 0 Å². The number of hydrogen-bond donors (Lipinski definition) is 0. The van der Waals surface area contributed by atoms with Crippen LogP contribution in [-0.2, 0) is 9.63 Å². The van der Waals surface area contributed by atoms with Crippen molar-refractivity contribution in [1.29, 1.82) is 0 Å². The Morgan fingerprint density at radius 1 is 1.36 bits per heavy atom. The molecule has 0 fully saturated rings. The van der Waals surface area contributed by atoms with Crippen molar-refractivity contribution in [3.63, 3.8) is 0 Å². The van der Waals surface area contributed by atoms with Crippen LogP contribution in [-0.4, -0.2) is 25.1 Å². The molecule has 0 aromatic rings. The van der Waals surface area contributed by atoms with Gasteiger partial charge in [0.25, 0.3) is 0 Å². The Labute approximate surface area is 86.7 Å². The molecule has 0 radical (unpaired) electrons. The highest BCUT2D eigenvalue weighted by molar-refractivity contribution is 5.74. The summed E-state index contributed by atoms with van der Waals surface area (Å²) in [5.74, 6) is 0.0383. The normalized spacial score (nSPS) is 10.8. The van der Waals surface area contributed by atoms with Crippen LogP contribution in [0.1, 0.15) is 39.0 Å². The number of unbranched alkanes of at least 4 members (excludes halogenated alkanes) is 2. The molecule has 0 aliphatic heterocycles. The lowest BCUT2D eigenvalue weighted by Crippen LogP contribution is -2.24. The summed E-state index contributed by atoms with van der Waals surface area (Å²) in [5.41, 5.74) is 0. The van der Waals surface area contributed by atoms with Gasteiger partial charge in [-0.25, -0.2) is 5.06 Å². The fourth-order valence-corrected chi connectivity index (χ4v) is 1.03. The number of rotatable bonds is 7. The largest absolute Gasteiger partial charge is 0.275 e. The van der Waals surface area contributed by atoms with Gasteiger partial charge in [-0.05, 0) is 19.3 Å². The van der Waals surface area contributed by atoms with Gasteiger partial charge >= 0.3 is 0 Å². The average Bonchev–Trinajstić information content (AvgIpc) is 2.21. The van der Waals surface area contributed by atoms with Gasteiger partial charge in [-0.2, -0.15) is 0 Å². The summed E-state index contributed by atoms with van der Waals surface area (Å²) in [7, 11) is 3.13. The molecule has 1 amide bonds. The van der Waals surface area contributed by atoms with Crippen LogP contribution in [0.25, 0.3) is 0 Å². The zero-order valence-corrected chi connectivity index (χ0v) is 9.45. The van der Waals surface area contributed by atoms with Crippen molar-refractivity contribution in [2.75, 3.05) is 14.2 Å². The Hall–Kier alpha value is -0.830. The maximum Gasteiger partial charge on any atom is 0.245 e. The molecule has 0 spiro atoms. The molecule has 82 valence electrons. The van der Waals surface area contributed by atoms with Gasteiger partial charge in [0.1, 0.15) is 0 Å². The van der Waals surface area contributed by atoms with Crippen molar-refractivity contribution in [3.05, 3.63) is 12.2 Å². The Bertz CT molecular complexity index is 178. The van der Waals surface area contributed by atoms with E-state index in [1.165, 1.54) is 18.6 Å². The summed E-state index contributed by atoms with van der Waals surface area (Å²) in [4.78, 5) is 16.0. The summed E-state index contributed by atoms with van der Waals surface area (Å²) in [6.07, 6.45) is 9.05. The molecule has 0 aromatic carbocycles. The van der Waals surface area contributed by atoms with Gasteiger partial charge in [0.2, 0.25) is 5.91 Å². The van der Waals surface area contributed by atoms with Crippen LogP contribution in [0.3, 0.4) is 0 Å². The molecule has 0 bridgehead atoms. The van der Waals surface area contributed by atoms with Gasteiger partial charge in [-0.1, -0.05) is 25.5 Å². The first kappa shape index (κ1) is 13.2. The van der Waals surface area contributed by atoms with E-state index in [9.17, 15) is 4.79 Å². The van der Waals surface area contributed by atoms with E-state index in [1.54, 1.807) is 7.05 Å². The number of hydroxylamine groups is 2. The van der Waals surface area contributed by atoms with E-state index in [2.05, 4.69) is 19.1 Å². The number of carbonyl (C=O) groups is 1. The second-order valence-corrected chi connectivity index (χ2v) is 3.23. The van der Waals surface area contributed by atoms with E-state index < -0.39 is 0 Å². The molecule has 0 rings (SSSR count). The lowest BCUT2D eigenvalue weighted by molar-refractivity contribution is -0.168. The maximum absolute atomic E-state index is 11.2. The van der Waals surface area contributed by atoms with E-state index in [0.717, 1.165) is 19.3 Å². The first-order chi connectivity index (χ1) is 6.72. The van der Waals surface area contributed by atoms with Crippen molar-refractivity contribution >= 4 is 5.91 Å². The Morgan fingerprint density at radius 2 is 2.00 bits per heavy atom. The van der Waals surface area contributed by atoms with Crippen molar-refractivity contribution in [1.82, 2.24) is 5.06 Å². The lowest BCUT2D eigenvalue weighted by atomic mass is 10.2. The first-order valence-corrected chi connectivity index (χ1v) is 5.18. The van der Waals surface area contributed by atoms with Crippen molar-refractivity contribution in [3.8, 4) is 0 Å². The minimum atomic E-state index is 0.0383. The molecule has 0 atom stereocenters. The van der Waals surface area contributed by atoms with Crippen molar-refractivity contribution in [2.24, 2.45) is 0 Å². The third-order valence-electron chi connectivity index (χ3n) is 2.01. The summed E-state index contributed by atoms with van der Waals surface area (Å²) in [5, 5.41) is 1.27. The van der Waals surface area contributed by atoms with Gasteiger partial charge in [-0.15, -0.1) is 0 Å². The molecule has 0 saturated heterocycles. The lowest BCUT2D eigenvalue weighted by Gasteiger charge is -2.12. The average molecular weight is 199 g/mol. The summed E-state index contributed by atoms with van der Waals surface area (Å²) >= 11 is 0. The third kappa shape index (κ3) is 6.66. The number of carbonyl (C=O) groups excluding carboxylic acids is 1. The second kappa shape index (κ2) is 8.75. The van der Waals surface area contributed by atoms with Crippen LogP contribution in [0.15, 0.2) is 12.2 Å². The zero-order chi connectivity index (χ0) is 10.8. The van der Waals surface area contributed by atoms with E-state index in [1.807, 2.05) is 0 Å². The number of nitrogens with zero attached hydrogens (tertiary/aromatic N) is 1. The third-order valence-corrected chi connectivity index (χ3v) is 2.01. The zero-order valence-electron chi connectivity index (χ0n) is 9.45. The minimum absolute atomic E-state index is 0.0383. The van der Waals surface area contributed by atoms with Crippen molar-refractivity contribution < 1.29 is 9.63 Å². The van der Waals surface area contributed by atoms with E-state index in [0.29, 0.717) is 6.42 Å². The summed E-state index contributed by atoms with van der Waals surface area (Å²) in [6.45, 7) is 2.15. The molecule has 0 unspecified atom stereocenters. The van der Waals surface area contributed by atoms with Gasteiger partial charge in [0.05, 0.1) is 7.11 Å². The molecular formula is C11H21NO2. The Morgan fingerprint density at radius 3 is 2.57 bits per heavy atom. The van der Waals surface area contributed by atoms with Crippen LogP contribution >= 0.6 is 0 Å². The predicted molar refractivity (Wildman–Crippen MR) is 57.7 cm³/mol. The van der Waals surface area contributed by atoms with Crippen LogP contribution < -0.4 is 0 Å². The highest BCUT2D eigenvalue weighted by Crippen LogP contribution is 2.01. The first-order valence-electron chi connectivity index (χ1n) is 5.18. The van der Waals surface area contributed by atoms with Crippen LogP contribution in [0.5, 0.6) is 0 Å². The molecular weight excluding hydrogens is 178 g/mol. The topological polar surface area (TPSA) is 29.5 Å². The molecule has 0 N–H and O–H groups in total. The monoisotopic (exact) mass is 199 g/mol. The van der Waals surface area contributed by atoms with E-state index in [-0.39, 0.29) is 5.91 Å². The fourth-order valence-electron chi connectivity index (χ4n) is 1.03. The van der Waals surface area contributed by atoms with Gasteiger partial charge in [0, 0.05) is 13.5 Å². The molecule has 3 nitrogen and oxygen atoms in total. The Kier molecular flexibility index (Phi) is 8.24. The van der Waals surface area contributed by atoms with E-state index >= 15 is 0 Å². The standard InChI is InChI=1S/C11H21NO2/c1-4-5-6-7-8-9-10-11(13)12(2)14-3/h6-7H,4-5,8-10H2,1-3H3/b7-6-. The molecule has 0 aliphatic carbocycles. The molecule has 14 heavy (non-hydrogen) atoms. The van der Waals surface area contributed by atoms with Gasteiger partial charge < -0.3 is 0 Å². The number of amides is 1. The number of allylic oxidation sites excluding steroid dienone is 2. The quantitative estimate of drug-likeness (QED) is 0.358. The van der Waals surface area contributed by atoms with Gasteiger partial charge in [-0.3, -0.25) is 9.63 Å². The second-order valence-electron chi connectivity index (χ2n) is 3.23. The minimum Gasteiger partial charge on any atom is -0.275 e. The molecule has 0 aliphatic rings. The molecule has 3 heteroatoms. The highest BCUT2D eigenvalue weighted by Gasteiger charge is 2.05. The molecule has 0 saturated carbocycles. The molecule has 0 aromatic heterocycles. The fraction of sp³-hybridized carbons (Fsp3) is 0.727. The predicted octanol–water partition coefficient (Wildman–Crippen LogP) is 2.53. The van der Waals surface area contributed by atoms with Crippen molar-refractivity contribution in [2.45, 2.75) is 39.0 Å². The van der Waals surface area contributed by atoms with Crippen LogP contribution in [0, 0.1) is 0 Å². The Balaban J connectivity index is 3.40. The highest BCUT2D eigenvalue weighted by atomic mass is 16.7. The van der Waals surface area contributed by atoms with Crippen LogP contribution in [0.4, 0.5) is 0 Å².